The van der Waals surface area contributed by atoms with Crippen LogP contribution in [0.15, 0.2) is 48.7 Å². The molecular formula is C17H21N3O3. The van der Waals surface area contributed by atoms with Crippen molar-refractivity contribution in [3.63, 3.8) is 0 Å². The number of benzene rings is 1. The van der Waals surface area contributed by atoms with Crippen LogP contribution < -0.4 is 15.8 Å². The molecule has 1 amide bonds. The van der Waals surface area contributed by atoms with Gasteiger partial charge >= 0.3 is 0 Å². The second kappa shape index (κ2) is 8.87. The van der Waals surface area contributed by atoms with Crippen molar-refractivity contribution < 1.29 is 14.3 Å². The Morgan fingerprint density at radius 1 is 1.26 bits per heavy atom. The van der Waals surface area contributed by atoms with Crippen LogP contribution in [0.2, 0.25) is 0 Å². The van der Waals surface area contributed by atoms with Gasteiger partial charge in [-0.15, -0.1) is 0 Å². The highest BCUT2D eigenvalue weighted by atomic mass is 16.5. The predicted octanol–water partition coefficient (Wildman–Crippen LogP) is 1.25. The normalized spacial score (nSPS) is 11.7. The Bertz CT molecular complexity index is 602. The van der Waals surface area contributed by atoms with Crippen LogP contribution in [0.25, 0.3) is 0 Å². The lowest BCUT2D eigenvalue weighted by Crippen LogP contribution is -2.43. The van der Waals surface area contributed by atoms with Crippen molar-refractivity contribution in [2.24, 2.45) is 5.73 Å². The zero-order valence-corrected chi connectivity index (χ0v) is 13.1. The summed E-state index contributed by atoms with van der Waals surface area (Å²) in [7, 11) is 1.51. The predicted molar refractivity (Wildman–Crippen MR) is 86.7 cm³/mol. The van der Waals surface area contributed by atoms with Crippen LogP contribution in [0.5, 0.6) is 5.75 Å². The molecule has 1 heterocycles. The molecule has 23 heavy (non-hydrogen) atoms. The number of hydrogen-bond acceptors (Lipinski definition) is 5. The van der Waals surface area contributed by atoms with Crippen LogP contribution >= 0.6 is 0 Å². The van der Waals surface area contributed by atoms with Gasteiger partial charge in [0.25, 0.3) is 0 Å². The number of pyridine rings is 1. The summed E-state index contributed by atoms with van der Waals surface area (Å²) in [6.07, 6.45) is 1.73. The lowest BCUT2D eigenvalue weighted by Gasteiger charge is -2.11. The van der Waals surface area contributed by atoms with Gasteiger partial charge in [0.05, 0.1) is 12.3 Å². The highest BCUT2D eigenvalue weighted by Gasteiger charge is 2.12. The molecule has 0 fully saturated rings. The first-order valence-electron chi connectivity index (χ1n) is 7.33. The van der Waals surface area contributed by atoms with E-state index in [1.54, 1.807) is 6.20 Å². The Morgan fingerprint density at radius 2 is 2.04 bits per heavy atom. The smallest absolute Gasteiger partial charge is 0.239 e. The molecule has 1 aromatic heterocycles. The maximum absolute atomic E-state index is 11.7. The number of nitrogens with one attached hydrogen (secondary N) is 1. The van der Waals surface area contributed by atoms with Gasteiger partial charge in [-0.2, -0.15) is 0 Å². The largest absolute Gasteiger partial charge is 0.487 e. The fourth-order valence-corrected chi connectivity index (χ4v) is 1.92. The van der Waals surface area contributed by atoms with E-state index < -0.39 is 6.04 Å². The van der Waals surface area contributed by atoms with E-state index in [9.17, 15) is 4.79 Å². The van der Waals surface area contributed by atoms with Gasteiger partial charge in [-0.05, 0) is 29.8 Å². The summed E-state index contributed by atoms with van der Waals surface area (Å²) in [4.78, 5) is 15.9. The maximum atomic E-state index is 11.7. The highest BCUT2D eigenvalue weighted by molar-refractivity contribution is 5.81. The van der Waals surface area contributed by atoms with E-state index in [0.29, 0.717) is 13.2 Å². The summed E-state index contributed by atoms with van der Waals surface area (Å²) < 4.78 is 10.5. The lowest BCUT2D eigenvalue weighted by molar-refractivity contribution is -0.123. The number of amides is 1. The number of ether oxygens (including phenoxy) is 2. The van der Waals surface area contributed by atoms with E-state index in [4.69, 9.17) is 15.2 Å². The van der Waals surface area contributed by atoms with Crippen molar-refractivity contribution in [3.05, 3.63) is 59.9 Å². The van der Waals surface area contributed by atoms with Crippen molar-refractivity contribution >= 4 is 5.91 Å². The number of carbonyl (C=O) groups is 1. The third-order valence-electron chi connectivity index (χ3n) is 3.19. The molecule has 6 heteroatoms. The summed E-state index contributed by atoms with van der Waals surface area (Å²) in [5.74, 6) is 0.518. The first-order valence-corrected chi connectivity index (χ1v) is 7.33. The molecule has 0 aliphatic rings. The minimum Gasteiger partial charge on any atom is -0.487 e. The molecule has 1 unspecified atom stereocenters. The zero-order chi connectivity index (χ0) is 16.5. The van der Waals surface area contributed by atoms with Gasteiger partial charge in [0.1, 0.15) is 18.4 Å². The highest BCUT2D eigenvalue weighted by Crippen LogP contribution is 2.13. The number of nitrogens with zero attached hydrogens (tertiary/aromatic N) is 1. The summed E-state index contributed by atoms with van der Waals surface area (Å²) in [6, 6.07) is 12.6. The third kappa shape index (κ3) is 5.69. The topological polar surface area (TPSA) is 86.5 Å². The van der Waals surface area contributed by atoms with E-state index in [1.807, 2.05) is 42.5 Å². The zero-order valence-electron chi connectivity index (χ0n) is 13.1. The van der Waals surface area contributed by atoms with Crippen LogP contribution in [-0.4, -0.2) is 30.6 Å². The van der Waals surface area contributed by atoms with Gasteiger partial charge in [-0.1, -0.05) is 18.2 Å². The molecule has 2 aromatic rings. The fraction of sp³-hybridized carbons (Fsp3) is 0.294. The number of carbonyl (C=O) groups excluding carboxylic acids is 1. The van der Waals surface area contributed by atoms with Gasteiger partial charge in [0, 0.05) is 19.9 Å². The number of methoxy groups -OCH3 is 1. The molecule has 1 atom stereocenters. The van der Waals surface area contributed by atoms with E-state index in [1.165, 1.54) is 7.11 Å². The summed E-state index contributed by atoms with van der Waals surface area (Å²) in [5, 5.41) is 2.77. The van der Waals surface area contributed by atoms with Crippen LogP contribution in [0.3, 0.4) is 0 Å². The Labute approximate surface area is 135 Å². The molecule has 6 nitrogen and oxygen atoms in total. The van der Waals surface area contributed by atoms with Gasteiger partial charge in [-0.3, -0.25) is 9.78 Å². The van der Waals surface area contributed by atoms with Gasteiger partial charge < -0.3 is 20.5 Å². The molecular weight excluding hydrogens is 294 g/mol. The molecule has 1 aromatic carbocycles. The molecule has 0 bridgehead atoms. The number of aromatic nitrogens is 1. The van der Waals surface area contributed by atoms with E-state index in [2.05, 4.69) is 10.3 Å². The molecule has 0 aliphatic carbocycles. The molecule has 0 aliphatic heterocycles. The van der Waals surface area contributed by atoms with Crippen molar-refractivity contribution in [1.82, 2.24) is 10.3 Å². The first kappa shape index (κ1) is 16.9. The first-order chi connectivity index (χ1) is 11.2. The minimum absolute atomic E-state index is 0.201. The molecule has 0 saturated heterocycles. The van der Waals surface area contributed by atoms with E-state index in [0.717, 1.165) is 17.0 Å². The molecule has 0 saturated carbocycles. The van der Waals surface area contributed by atoms with Crippen molar-refractivity contribution in [2.75, 3.05) is 13.7 Å². The summed E-state index contributed by atoms with van der Waals surface area (Å²) >= 11 is 0. The number of hydrogen-bond donors (Lipinski definition) is 2. The van der Waals surface area contributed by atoms with Crippen molar-refractivity contribution in [2.45, 2.75) is 19.2 Å². The Hall–Kier alpha value is -2.44. The number of nitrogens with two attached hydrogens (primary N) is 1. The standard InChI is InChI=1S/C17H21N3O3/c1-22-12-16(18)17(21)20-10-13-5-7-15(8-6-13)23-11-14-4-2-3-9-19-14/h2-9,16H,10-12,18H2,1H3,(H,20,21). The van der Waals surface area contributed by atoms with Crippen LogP contribution in [-0.2, 0) is 22.7 Å². The van der Waals surface area contributed by atoms with Crippen LogP contribution in [0.1, 0.15) is 11.3 Å². The molecule has 3 N–H and O–H groups in total. The lowest BCUT2D eigenvalue weighted by atomic mass is 10.2. The van der Waals surface area contributed by atoms with Crippen LogP contribution in [0.4, 0.5) is 0 Å². The van der Waals surface area contributed by atoms with Crippen LogP contribution in [0, 0.1) is 0 Å². The average molecular weight is 315 g/mol. The van der Waals surface area contributed by atoms with Crippen molar-refractivity contribution in [3.8, 4) is 5.75 Å². The van der Waals surface area contributed by atoms with Gasteiger partial charge in [0.15, 0.2) is 0 Å². The molecule has 0 radical (unpaired) electrons. The van der Waals surface area contributed by atoms with E-state index >= 15 is 0 Å². The quantitative estimate of drug-likeness (QED) is 0.765. The monoisotopic (exact) mass is 315 g/mol. The molecule has 2 rings (SSSR count). The molecule has 122 valence electrons. The van der Waals surface area contributed by atoms with Crippen molar-refractivity contribution in [1.29, 1.82) is 0 Å². The summed E-state index contributed by atoms with van der Waals surface area (Å²) in [5.41, 5.74) is 7.49. The summed E-state index contributed by atoms with van der Waals surface area (Å²) in [6.45, 7) is 1.03. The SMILES string of the molecule is COCC(N)C(=O)NCc1ccc(OCc2ccccn2)cc1. The Kier molecular flexibility index (Phi) is 6.53. The second-order valence-corrected chi connectivity index (χ2v) is 5.03. The second-order valence-electron chi connectivity index (χ2n) is 5.03. The minimum atomic E-state index is -0.652. The Morgan fingerprint density at radius 3 is 2.70 bits per heavy atom. The third-order valence-corrected chi connectivity index (χ3v) is 3.19. The fourth-order valence-electron chi connectivity index (χ4n) is 1.92. The Balaban J connectivity index is 1.79. The number of rotatable bonds is 8. The van der Waals surface area contributed by atoms with Gasteiger partial charge in [0.2, 0.25) is 5.91 Å². The molecule has 0 spiro atoms. The van der Waals surface area contributed by atoms with E-state index in [-0.39, 0.29) is 12.5 Å². The average Bonchev–Trinajstić information content (AvgIpc) is 2.60. The van der Waals surface area contributed by atoms with Gasteiger partial charge in [-0.25, -0.2) is 0 Å². The maximum Gasteiger partial charge on any atom is 0.239 e.